The van der Waals surface area contributed by atoms with E-state index in [1.807, 2.05) is 31.2 Å². The number of aromatic nitrogens is 4. The smallest absolute Gasteiger partial charge is 0.413 e. The molecule has 2 heterocycles. The number of aryl methyl sites for hydroxylation is 3. The van der Waals surface area contributed by atoms with Crippen molar-refractivity contribution in [3.8, 4) is 11.4 Å². The fraction of sp³-hybridized carbons (Fsp3) is 0.300. The Kier molecular flexibility index (Phi) is 6.25. The van der Waals surface area contributed by atoms with Gasteiger partial charge >= 0.3 is 6.09 Å². The molecule has 2 aromatic heterocycles. The number of benzene rings is 1. The summed E-state index contributed by atoms with van der Waals surface area (Å²) >= 11 is 0. The maximum atomic E-state index is 12.5. The first-order chi connectivity index (χ1) is 14.5. The maximum Gasteiger partial charge on any atom is 0.413 e. The van der Waals surface area contributed by atoms with Gasteiger partial charge in [0.05, 0.1) is 23.3 Å². The molecular weight excluding hydrogens is 420 g/mol. The van der Waals surface area contributed by atoms with E-state index < -0.39 is 22.2 Å². The van der Waals surface area contributed by atoms with Gasteiger partial charge in [0, 0.05) is 7.05 Å². The third-order valence-electron chi connectivity index (χ3n) is 4.58. The Morgan fingerprint density at radius 2 is 1.87 bits per heavy atom. The standard InChI is InChI=1S/C20H24N6O4S/c1-12-8-6-7-9-15(12)14(3)30-20(27)22-19-18(23-25-26(19)4)17-11-10-16(13(2)21-17)24-31(5,28)29/h6-11,14,24H,1-5H3,(H,22,27)/t14-/m1/s1. The largest absolute Gasteiger partial charge is 0.441 e. The molecule has 0 spiro atoms. The lowest BCUT2D eigenvalue weighted by molar-refractivity contribution is 0.120. The molecule has 3 aromatic rings. The molecule has 31 heavy (non-hydrogen) atoms. The Bertz CT molecular complexity index is 1220. The van der Waals surface area contributed by atoms with Gasteiger partial charge in [-0.25, -0.2) is 22.9 Å². The number of hydrogen-bond acceptors (Lipinski definition) is 7. The topological polar surface area (TPSA) is 128 Å². The normalized spacial score (nSPS) is 12.3. The zero-order chi connectivity index (χ0) is 22.8. The molecule has 0 aliphatic heterocycles. The highest BCUT2D eigenvalue weighted by Gasteiger charge is 2.20. The average Bonchev–Trinajstić information content (AvgIpc) is 3.03. The molecule has 0 unspecified atom stereocenters. The van der Waals surface area contributed by atoms with E-state index >= 15 is 0 Å². The van der Waals surface area contributed by atoms with E-state index in [9.17, 15) is 13.2 Å². The molecule has 0 saturated carbocycles. The van der Waals surface area contributed by atoms with Gasteiger partial charge in [-0.05, 0) is 44.0 Å². The van der Waals surface area contributed by atoms with Gasteiger partial charge in [0.2, 0.25) is 10.0 Å². The van der Waals surface area contributed by atoms with Crippen LogP contribution >= 0.6 is 0 Å². The van der Waals surface area contributed by atoms with Gasteiger partial charge in [0.1, 0.15) is 6.10 Å². The minimum atomic E-state index is -3.43. The lowest BCUT2D eigenvalue weighted by Crippen LogP contribution is -2.19. The van der Waals surface area contributed by atoms with Crippen LogP contribution in [0.5, 0.6) is 0 Å². The Morgan fingerprint density at radius 1 is 1.16 bits per heavy atom. The van der Waals surface area contributed by atoms with Crippen molar-refractivity contribution in [3.63, 3.8) is 0 Å². The number of nitrogens with zero attached hydrogens (tertiary/aromatic N) is 4. The number of sulfonamides is 1. The molecule has 11 heteroatoms. The lowest BCUT2D eigenvalue weighted by atomic mass is 10.1. The summed E-state index contributed by atoms with van der Waals surface area (Å²) in [5.41, 5.74) is 3.50. The van der Waals surface area contributed by atoms with Crippen molar-refractivity contribution >= 4 is 27.6 Å². The molecule has 10 nitrogen and oxygen atoms in total. The molecule has 1 atom stereocenters. The van der Waals surface area contributed by atoms with Gasteiger partial charge in [-0.15, -0.1) is 5.10 Å². The van der Waals surface area contributed by atoms with Crippen LogP contribution in [-0.2, 0) is 21.8 Å². The van der Waals surface area contributed by atoms with E-state index in [-0.39, 0.29) is 0 Å². The van der Waals surface area contributed by atoms with Crippen LogP contribution in [0.25, 0.3) is 11.4 Å². The minimum absolute atomic E-state index is 0.303. The van der Waals surface area contributed by atoms with Crippen LogP contribution in [0.15, 0.2) is 36.4 Å². The summed E-state index contributed by atoms with van der Waals surface area (Å²) in [7, 11) is -1.80. The monoisotopic (exact) mass is 444 g/mol. The van der Waals surface area contributed by atoms with Crippen molar-refractivity contribution in [1.82, 2.24) is 20.0 Å². The quantitative estimate of drug-likeness (QED) is 0.597. The molecule has 164 valence electrons. The SMILES string of the molecule is Cc1ccccc1[C@@H](C)OC(=O)Nc1c(-c2ccc(NS(C)(=O)=O)c(C)n2)nnn1C. The van der Waals surface area contributed by atoms with Crippen molar-refractivity contribution < 1.29 is 17.9 Å². The van der Waals surface area contributed by atoms with Crippen LogP contribution < -0.4 is 10.0 Å². The summed E-state index contributed by atoms with van der Waals surface area (Å²) in [6.07, 6.45) is -0.0451. The van der Waals surface area contributed by atoms with Gasteiger partial charge < -0.3 is 4.74 Å². The molecule has 0 aliphatic rings. The van der Waals surface area contributed by atoms with Crippen molar-refractivity contribution in [1.29, 1.82) is 0 Å². The van der Waals surface area contributed by atoms with Crippen LogP contribution in [-0.4, -0.2) is 40.7 Å². The molecule has 2 N–H and O–H groups in total. The predicted octanol–water partition coefficient (Wildman–Crippen LogP) is 3.18. The first-order valence-corrected chi connectivity index (χ1v) is 11.3. The van der Waals surface area contributed by atoms with E-state index in [2.05, 4.69) is 25.3 Å². The highest BCUT2D eigenvalue weighted by molar-refractivity contribution is 7.92. The Morgan fingerprint density at radius 3 is 2.52 bits per heavy atom. The number of ether oxygens (including phenoxy) is 1. The third-order valence-corrected chi connectivity index (χ3v) is 5.17. The minimum Gasteiger partial charge on any atom is -0.441 e. The molecule has 0 aliphatic carbocycles. The molecular formula is C20H24N6O4S. The van der Waals surface area contributed by atoms with Gasteiger partial charge in [0.15, 0.2) is 11.5 Å². The first-order valence-electron chi connectivity index (χ1n) is 9.44. The van der Waals surface area contributed by atoms with Crippen molar-refractivity contribution in [2.45, 2.75) is 26.9 Å². The molecule has 1 amide bonds. The van der Waals surface area contributed by atoms with Crippen molar-refractivity contribution in [2.24, 2.45) is 7.05 Å². The average molecular weight is 445 g/mol. The number of hydrogen-bond donors (Lipinski definition) is 2. The molecule has 0 fully saturated rings. The second-order valence-electron chi connectivity index (χ2n) is 7.14. The van der Waals surface area contributed by atoms with E-state index in [1.54, 1.807) is 33.0 Å². The maximum absolute atomic E-state index is 12.5. The van der Waals surface area contributed by atoms with Gasteiger partial charge in [-0.2, -0.15) is 0 Å². The molecule has 3 rings (SSSR count). The summed E-state index contributed by atoms with van der Waals surface area (Å²) in [6.45, 7) is 5.41. The second-order valence-corrected chi connectivity index (χ2v) is 8.89. The summed E-state index contributed by atoms with van der Waals surface area (Å²) in [5.74, 6) is 0.303. The number of amides is 1. The number of carbonyl (C=O) groups is 1. The van der Waals surface area contributed by atoms with Crippen LogP contribution in [0.4, 0.5) is 16.3 Å². The summed E-state index contributed by atoms with van der Waals surface area (Å²) in [5, 5.41) is 10.7. The predicted molar refractivity (Wildman–Crippen MR) is 117 cm³/mol. The van der Waals surface area contributed by atoms with Gasteiger partial charge in [-0.1, -0.05) is 29.5 Å². The van der Waals surface area contributed by atoms with E-state index in [0.717, 1.165) is 17.4 Å². The summed E-state index contributed by atoms with van der Waals surface area (Å²) in [6, 6.07) is 10.8. The second kappa shape index (κ2) is 8.72. The fourth-order valence-electron chi connectivity index (χ4n) is 3.06. The Hall–Kier alpha value is -3.47. The third kappa shape index (κ3) is 5.37. The summed E-state index contributed by atoms with van der Waals surface area (Å²) in [4.78, 5) is 16.9. The number of pyridine rings is 1. The number of nitrogens with one attached hydrogen (secondary N) is 2. The first kappa shape index (κ1) is 22.2. The molecule has 0 saturated heterocycles. The summed E-state index contributed by atoms with van der Waals surface area (Å²) < 4.78 is 32.3. The van der Waals surface area contributed by atoms with Crippen molar-refractivity contribution in [2.75, 3.05) is 16.3 Å². The number of carbonyl (C=O) groups excluding carboxylic acids is 1. The van der Waals surface area contributed by atoms with Crippen LogP contribution in [0.3, 0.4) is 0 Å². The molecule has 0 bridgehead atoms. The lowest BCUT2D eigenvalue weighted by Gasteiger charge is -2.16. The van der Waals surface area contributed by atoms with Crippen LogP contribution in [0, 0.1) is 13.8 Å². The van der Waals surface area contributed by atoms with Gasteiger partial charge in [0.25, 0.3) is 0 Å². The molecule has 1 aromatic carbocycles. The van der Waals surface area contributed by atoms with Crippen LogP contribution in [0.2, 0.25) is 0 Å². The zero-order valence-electron chi connectivity index (χ0n) is 17.9. The van der Waals surface area contributed by atoms with Crippen LogP contribution in [0.1, 0.15) is 29.8 Å². The highest BCUT2D eigenvalue weighted by Crippen LogP contribution is 2.27. The number of rotatable bonds is 6. The zero-order valence-corrected chi connectivity index (χ0v) is 18.7. The Balaban J connectivity index is 1.80. The van der Waals surface area contributed by atoms with Crippen molar-refractivity contribution in [3.05, 3.63) is 53.2 Å². The fourth-order valence-corrected chi connectivity index (χ4v) is 3.68. The molecule has 0 radical (unpaired) electrons. The van der Waals surface area contributed by atoms with E-state index in [4.69, 9.17) is 4.74 Å². The Labute approximate surface area is 180 Å². The van der Waals surface area contributed by atoms with E-state index in [0.29, 0.717) is 28.6 Å². The highest BCUT2D eigenvalue weighted by atomic mass is 32.2. The van der Waals surface area contributed by atoms with E-state index in [1.165, 1.54) is 4.68 Å². The van der Waals surface area contributed by atoms with Gasteiger partial charge in [-0.3, -0.25) is 10.0 Å². The number of anilines is 2.